The van der Waals surface area contributed by atoms with Crippen LogP contribution in [0.25, 0.3) is 6.08 Å². The molecule has 2 amide bonds. The van der Waals surface area contributed by atoms with Gasteiger partial charge in [0.05, 0.1) is 19.1 Å². The minimum Gasteiger partial charge on any atom is -0.457 e. The number of nitrogens with one attached hydrogen (secondary N) is 2. The zero-order chi connectivity index (χ0) is 21.9. The topological polar surface area (TPSA) is 76.7 Å². The fourth-order valence-corrected chi connectivity index (χ4v) is 4.13. The SMILES string of the molecule is O=C1CC2=CC(=Cc3ccc(Oc4ccc(CC5COCC(=O)N5)cc4)cc3)CC=C2N1. The summed E-state index contributed by atoms with van der Waals surface area (Å²) in [5, 5.41) is 5.83. The van der Waals surface area contributed by atoms with Crippen molar-refractivity contribution in [1.82, 2.24) is 10.6 Å². The predicted octanol–water partition coefficient (Wildman–Crippen LogP) is 3.65. The van der Waals surface area contributed by atoms with Crippen LogP contribution in [0.5, 0.6) is 11.5 Å². The van der Waals surface area contributed by atoms with Gasteiger partial charge in [0.25, 0.3) is 0 Å². The molecule has 0 bridgehead atoms. The lowest BCUT2D eigenvalue weighted by Crippen LogP contribution is -2.46. The maximum absolute atomic E-state index is 11.5. The molecule has 2 heterocycles. The molecular formula is C26H24N2O4. The highest BCUT2D eigenvalue weighted by atomic mass is 16.5. The van der Waals surface area contributed by atoms with Gasteiger partial charge in [-0.3, -0.25) is 9.59 Å². The van der Waals surface area contributed by atoms with Crippen LogP contribution < -0.4 is 15.4 Å². The van der Waals surface area contributed by atoms with E-state index in [2.05, 4.69) is 28.9 Å². The summed E-state index contributed by atoms with van der Waals surface area (Å²) in [7, 11) is 0. The van der Waals surface area contributed by atoms with Crippen molar-refractivity contribution in [3.63, 3.8) is 0 Å². The fraction of sp³-hybridized carbons (Fsp3) is 0.231. The van der Waals surface area contributed by atoms with Gasteiger partial charge in [0.1, 0.15) is 18.1 Å². The van der Waals surface area contributed by atoms with Crippen molar-refractivity contribution in [1.29, 1.82) is 0 Å². The van der Waals surface area contributed by atoms with Gasteiger partial charge in [-0.15, -0.1) is 0 Å². The van der Waals surface area contributed by atoms with E-state index in [1.165, 1.54) is 5.57 Å². The second-order valence-electron chi connectivity index (χ2n) is 8.23. The largest absolute Gasteiger partial charge is 0.457 e. The minimum absolute atomic E-state index is 0.0111. The number of benzene rings is 2. The molecule has 2 saturated heterocycles. The third-order valence-electron chi connectivity index (χ3n) is 5.66. The zero-order valence-electron chi connectivity index (χ0n) is 17.6. The zero-order valence-corrected chi connectivity index (χ0v) is 17.6. The molecule has 162 valence electrons. The first kappa shape index (κ1) is 20.3. The number of carbonyl (C=O) groups is 2. The van der Waals surface area contributed by atoms with Gasteiger partial charge in [0, 0.05) is 5.70 Å². The Morgan fingerprint density at radius 1 is 1.00 bits per heavy atom. The average Bonchev–Trinajstić information content (AvgIpc) is 3.16. The van der Waals surface area contributed by atoms with Crippen LogP contribution in [-0.4, -0.2) is 31.1 Å². The quantitative estimate of drug-likeness (QED) is 0.762. The first-order valence-corrected chi connectivity index (χ1v) is 10.8. The van der Waals surface area contributed by atoms with Crippen molar-refractivity contribution in [2.75, 3.05) is 13.2 Å². The van der Waals surface area contributed by atoms with E-state index in [1.807, 2.05) is 48.5 Å². The van der Waals surface area contributed by atoms with Gasteiger partial charge in [-0.2, -0.15) is 0 Å². The van der Waals surface area contributed by atoms with Crippen molar-refractivity contribution >= 4 is 17.9 Å². The summed E-state index contributed by atoms with van der Waals surface area (Å²) >= 11 is 0. The van der Waals surface area contributed by atoms with E-state index in [9.17, 15) is 9.59 Å². The molecule has 2 aromatic carbocycles. The fourth-order valence-electron chi connectivity index (χ4n) is 4.13. The van der Waals surface area contributed by atoms with Gasteiger partial charge in [-0.05, 0) is 59.4 Å². The molecule has 1 atom stereocenters. The van der Waals surface area contributed by atoms with E-state index in [0.717, 1.165) is 46.7 Å². The van der Waals surface area contributed by atoms with Gasteiger partial charge in [0.2, 0.25) is 11.8 Å². The summed E-state index contributed by atoms with van der Waals surface area (Å²) in [5.41, 5.74) is 5.41. The smallest absolute Gasteiger partial charge is 0.246 e. The number of allylic oxidation sites excluding steroid dienone is 4. The summed E-state index contributed by atoms with van der Waals surface area (Å²) in [5.74, 6) is 1.53. The van der Waals surface area contributed by atoms with Gasteiger partial charge in [0.15, 0.2) is 0 Å². The lowest BCUT2D eigenvalue weighted by molar-refractivity contribution is -0.131. The molecule has 2 aromatic rings. The Bertz CT molecular complexity index is 1130. The number of fused-ring (bicyclic) bond motifs is 1. The number of morpholine rings is 1. The Kier molecular flexibility index (Phi) is 5.60. The van der Waals surface area contributed by atoms with Gasteiger partial charge >= 0.3 is 0 Å². The molecule has 5 rings (SSSR count). The molecule has 0 saturated carbocycles. The number of hydrogen-bond acceptors (Lipinski definition) is 4. The number of hydrogen-bond donors (Lipinski definition) is 2. The van der Waals surface area contributed by atoms with E-state index in [4.69, 9.17) is 9.47 Å². The van der Waals surface area contributed by atoms with Crippen molar-refractivity contribution < 1.29 is 19.1 Å². The first-order valence-electron chi connectivity index (χ1n) is 10.8. The molecule has 6 heteroatoms. The summed E-state index contributed by atoms with van der Waals surface area (Å²) in [6, 6.07) is 15.9. The van der Waals surface area contributed by atoms with Gasteiger partial charge in [-0.1, -0.05) is 42.5 Å². The Hall–Kier alpha value is -3.64. The summed E-state index contributed by atoms with van der Waals surface area (Å²) in [6.45, 7) is 0.684. The van der Waals surface area contributed by atoms with E-state index in [1.54, 1.807) is 0 Å². The maximum atomic E-state index is 11.5. The van der Waals surface area contributed by atoms with Crippen LogP contribution in [0.4, 0.5) is 0 Å². The second kappa shape index (κ2) is 8.85. The number of amides is 2. The highest BCUT2D eigenvalue weighted by molar-refractivity contribution is 5.87. The molecule has 32 heavy (non-hydrogen) atoms. The van der Waals surface area contributed by atoms with Crippen molar-refractivity contribution in [3.8, 4) is 11.5 Å². The normalized spacial score (nSPS) is 21.4. The Balaban J connectivity index is 1.19. The Morgan fingerprint density at radius 2 is 1.75 bits per heavy atom. The summed E-state index contributed by atoms with van der Waals surface area (Å²) in [6.07, 6.45) is 8.30. The van der Waals surface area contributed by atoms with Crippen LogP contribution in [0.2, 0.25) is 0 Å². The molecule has 0 aromatic heterocycles. The maximum Gasteiger partial charge on any atom is 0.246 e. The number of rotatable bonds is 5. The van der Waals surface area contributed by atoms with Crippen LogP contribution >= 0.6 is 0 Å². The predicted molar refractivity (Wildman–Crippen MR) is 121 cm³/mol. The monoisotopic (exact) mass is 428 g/mol. The Morgan fingerprint density at radius 3 is 2.50 bits per heavy atom. The van der Waals surface area contributed by atoms with E-state index in [-0.39, 0.29) is 24.5 Å². The first-order chi connectivity index (χ1) is 15.6. The van der Waals surface area contributed by atoms with Crippen molar-refractivity contribution in [3.05, 3.63) is 88.7 Å². The summed E-state index contributed by atoms with van der Waals surface area (Å²) in [4.78, 5) is 23.0. The van der Waals surface area contributed by atoms with Crippen molar-refractivity contribution in [2.24, 2.45) is 0 Å². The van der Waals surface area contributed by atoms with Crippen LogP contribution in [0, 0.1) is 0 Å². The molecule has 2 aliphatic heterocycles. The van der Waals surface area contributed by atoms with Crippen LogP contribution in [0.15, 0.2) is 77.5 Å². The minimum atomic E-state index is -0.0627. The molecule has 2 N–H and O–H groups in total. The van der Waals surface area contributed by atoms with E-state index >= 15 is 0 Å². The number of ether oxygens (including phenoxy) is 2. The van der Waals surface area contributed by atoms with Crippen LogP contribution in [0.1, 0.15) is 24.0 Å². The molecule has 0 spiro atoms. The van der Waals surface area contributed by atoms with E-state index < -0.39 is 0 Å². The highest BCUT2D eigenvalue weighted by Gasteiger charge is 2.22. The van der Waals surface area contributed by atoms with Crippen LogP contribution in [0.3, 0.4) is 0 Å². The van der Waals surface area contributed by atoms with E-state index in [0.29, 0.717) is 13.0 Å². The third kappa shape index (κ3) is 4.81. The molecule has 2 fully saturated rings. The number of carbonyl (C=O) groups excluding carboxylic acids is 2. The highest BCUT2D eigenvalue weighted by Crippen LogP contribution is 2.29. The Labute approximate surface area is 186 Å². The van der Waals surface area contributed by atoms with Crippen molar-refractivity contribution in [2.45, 2.75) is 25.3 Å². The molecule has 6 nitrogen and oxygen atoms in total. The third-order valence-corrected chi connectivity index (χ3v) is 5.66. The second-order valence-corrected chi connectivity index (χ2v) is 8.23. The lowest BCUT2D eigenvalue weighted by atomic mass is 9.97. The standard InChI is InChI=1S/C26H24N2O4/c29-25-14-20-12-19(5-10-24(20)28-25)11-17-1-6-22(7-2-17)32-23-8-3-18(4-9-23)13-21-15-31-16-26(30)27-21/h1-4,6-12,21H,5,13-16H2,(H,27,30)(H,28,29). The molecule has 3 aliphatic rings. The molecular weight excluding hydrogens is 404 g/mol. The molecule has 1 aliphatic carbocycles. The summed E-state index contributed by atoms with van der Waals surface area (Å²) < 4.78 is 11.3. The molecule has 1 unspecified atom stereocenters. The molecule has 0 radical (unpaired) electrons. The lowest BCUT2D eigenvalue weighted by Gasteiger charge is -2.23. The van der Waals surface area contributed by atoms with Gasteiger partial charge < -0.3 is 20.1 Å². The average molecular weight is 428 g/mol. The van der Waals surface area contributed by atoms with Gasteiger partial charge in [-0.25, -0.2) is 0 Å². The van der Waals surface area contributed by atoms with Crippen LogP contribution in [-0.2, 0) is 20.7 Å².